The largest absolute Gasteiger partial charge is 0.287 e. The highest BCUT2D eigenvalue weighted by molar-refractivity contribution is 9.10. The minimum atomic E-state index is -0.0718. The number of rotatable bonds is 2. The standard InChI is InChI=1S/C11H10BrN3O/c1-7-8(4-3-5-13-7)11(16)10-9(12)6-14-15(10)2/h3-6H,1-2H3. The molecule has 0 aliphatic rings. The van der Waals surface area contributed by atoms with Crippen molar-refractivity contribution in [2.75, 3.05) is 0 Å². The van der Waals surface area contributed by atoms with Gasteiger partial charge < -0.3 is 0 Å². The van der Waals surface area contributed by atoms with Crippen molar-refractivity contribution in [2.45, 2.75) is 6.92 Å². The maximum atomic E-state index is 12.2. The van der Waals surface area contributed by atoms with E-state index >= 15 is 0 Å². The van der Waals surface area contributed by atoms with Crippen molar-refractivity contribution in [2.24, 2.45) is 7.05 Å². The van der Waals surface area contributed by atoms with Gasteiger partial charge in [-0.15, -0.1) is 0 Å². The van der Waals surface area contributed by atoms with Gasteiger partial charge in [0.2, 0.25) is 5.78 Å². The number of aromatic nitrogens is 3. The SMILES string of the molecule is Cc1ncccc1C(=O)c1c(Br)cnn1C. The van der Waals surface area contributed by atoms with Crippen molar-refractivity contribution in [1.29, 1.82) is 0 Å². The Labute approximate surface area is 101 Å². The minimum Gasteiger partial charge on any atom is -0.287 e. The normalized spacial score (nSPS) is 10.4. The predicted octanol–water partition coefficient (Wildman–Crippen LogP) is 2.12. The quantitative estimate of drug-likeness (QED) is 0.792. The van der Waals surface area contributed by atoms with E-state index in [0.29, 0.717) is 15.7 Å². The van der Waals surface area contributed by atoms with Crippen LogP contribution >= 0.6 is 15.9 Å². The fraction of sp³-hybridized carbons (Fsp3) is 0.182. The topological polar surface area (TPSA) is 47.8 Å². The highest BCUT2D eigenvalue weighted by Gasteiger charge is 2.18. The van der Waals surface area contributed by atoms with Crippen LogP contribution < -0.4 is 0 Å². The fourth-order valence-electron chi connectivity index (χ4n) is 1.52. The molecular weight excluding hydrogens is 270 g/mol. The van der Waals surface area contributed by atoms with Crippen LogP contribution in [0.2, 0.25) is 0 Å². The smallest absolute Gasteiger partial charge is 0.213 e. The number of aryl methyl sites for hydroxylation is 2. The maximum Gasteiger partial charge on any atom is 0.213 e. The van der Waals surface area contributed by atoms with Crippen LogP contribution in [0.3, 0.4) is 0 Å². The lowest BCUT2D eigenvalue weighted by molar-refractivity contribution is 0.102. The van der Waals surface area contributed by atoms with Gasteiger partial charge in [0.05, 0.1) is 10.7 Å². The van der Waals surface area contributed by atoms with Gasteiger partial charge in [0.15, 0.2) is 0 Å². The van der Waals surface area contributed by atoms with E-state index in [-0.39, 0.29) is 5.78 Å². The molecule has 0 spiro atoms. The number of hydrogen-bond acceptors (Lipinski definition) is 3. The molecule has 2 aromatic rings. The van der Waals surface area contributed by atoms with Crippen LogP contribution in [0.25, 0.3) is 0 Å². The molecule has 0 fully saturated rings. The Morgan fingerprint density at radius 3 is 2.81 bits per heavy atom. The molecule has 0 aliphatic heterocycles. The number of halogens is 1. The molecule has 0 saturated heterocycles. The molecule has 0 atom stereocenters. The molecule has 0 bridgehead atoms. The van der Waals surface area contributed by atoms with Gasteiger partial charge in [0.25, 0.3) is 0 Å². The summed E-state index contributed by atoms with van der Waals surface area (Å²) >= 11 is 3.31. The molecule has 16 heavy (non-hydrogen) atoms. The number of nitrogens with zero attached hydrogens (tertiary/aromatic N) is 3. The van der Waals surface area contributed by atoms with Crippen LogP contribution in [0.5, 0.6) is 0 Å². The molecule has 0 unspecified atom stereocenters. The van der Waals surface area contributed by atoms with Crippen LogP contribution in [-0.2, 0) is 7.05 Å². The molecule has 0 aliphatic carbocycles. The predicted molar refractivity (Wildman–Crippen MR) is 63.3 cm³/mol. The van der Waals surface area contributed by atoms with Gasteiger partial charge >= 0.3 is 0 Å². The first-order valence-corrected chi connectivity index (χ1v) is 5.54. The average molecular weight is 280 g/mol. The molecule has 2 rings (SSSR count). The van der Waals surface area contributed by atoms with E-state index in [9.17, 15) is 4.79 Å². The third-order valence-electron chi connectivity index (χ3n) is 2.36. The second kappa shape index (κ2) is 4.17. The lowest BCUT2D eigenvalue weighted by Crippen LogP contribution is -2.10. The molecule has 0 amide bonds. The second-order valence-corrected chi connectivity index (χ2v) is 4.28. The van der Waals surface area contributed by atoms with E-state index < -0.39 is 0 Å². The van der Waals surface area contributed by atoms with E-state index in [4.69, 9.17) is 0 Å². The summed E-state index contributed by atoms with van der Waals surface area (Å²) in [6, 6.07) is 3.52. The Morgan fingerprint density at radius 2 is 2.25 bits per heavy atom. The number of hydrogen-bond donors (Lipinski definition) is 0. The zero-order chi connectivity index (χ0) is 11.7. The summed E-state index contributed by atoms with van der Waals surface area (Å²) in [6.07, 6.45) is 3.28. The van der Waals surface area contributed by atoms with Gasteiger partial charge in [-0.1, -0.05) is 0 Å². The first kappa shape index (κ1) is 11.0. The van der Waals surface area contributed by atoms with Crippen LogP contribution in [-0.4, -0.2) is 20.5 Å². The average Bonchev–Trinajstić information content (AvgIpc) is 2.58. The van der Waals surface area contributed by atoms with E-state index in [1.807, 2.05) is 6.92 Å². The summed E-state index contributed by atoms with van der Waals surface area (Å²) in [6.45, 7) is 1.82. The first-order chi connectivity index (χ1) is 7.61. The van der Waals surface area contributed by atoms with Crippen molar-refractivity contribution < 1.29 is 4.79 Å². The van der Waals surface area contributed by atoms with Crippen LogP contribution in [0.15, 0.2) is 29.0 Å². The van der Waals surface area contributed by atoms with Gasteiger partial charge in [-0.2, -0.15) is 5.10 Å². The molecule has 0 saturated carbocycles. The number of carbonyl (C=O) groups excluding carboxylic acids is 1. The van der Waals surface area contributed by atoms with Crippen molar-refractivity contribution in [3.63, 3.8) is 0 Å². The van der Waals surface area contributed by atoms with Crippen LogP contribution in [0.4, 0.5) is 0 Å². The van der Waals surface area contributed by atoms with Crippen molar-refractivity contribution in [1.82, 2.24) is 14.8 Å². The molecule has 0 radical (unpaired) electrons. The molecular formula is C11H10BrN3O. The summed E-state index contributed by atoms with van der Waals surface area (Å²) in [5.41, 5.74) is 1.86. The van der Waals surface area contributed by atoms with Crippen LogP contribution in [0, 0.1) is 6.92 Å². The summed E-state index contributed by atoms with van der Waals surface area (Å²) in [7, 11) is 1.74. The molecule has 0 N–H and O–H groups in total. The van der Waals surface area contributed by atoms with Gasteiger partial charge in [0.1, 0.15) is 5.69 Å². The molecule has 2 heterocycles. The van der Waals surface area contributed by atoms with Crippen molar-refractivity contribution >= 4 is 21.7 Å². The third kappa shape index (κ3) is 1.78. The second-order valence-electron chi connectivity index (χ2n) is 3.43. The number of carbonyl (C=O) groups is 1. The summed E-state index contributed by atoms with van der Waals surface area (Å²) in [4.78, 5) is 16.3. The summed E-state index contributed by atoms with van der Waals surface area (Å²) in [5.74, 6) is -0.0718. The zero-order valence-corrected chi connectivity index (χ0v) is 10.5. The Balaban J connectivity index is 2.52. The summed E-state index contributed by atoms with van der Waals surface area (Å²) in [5, 5.41) is 4.02. The molecule has 2 aromatic heterocycles. The minimum absolute atomic E-state index is 0.0718. The van der Waals surface area contributed by atoms with Gasteiger partial charge in [-0.3, -0.25) is 14.5 Å². The monoisotopic (exact) mass is 279 g/mol. The zero-order valence-electron chi connectivity index (χ0n) is 8.94. The summed E-state index contributed by atoms with van der Waals surface area (Å²) < 4.78 is 2.25. The van der Waals surface area contributed by atoms with Gasteiger partial charge in [-0.25, -0.2) is 0 Å². The van der Waals surface area contributed by atoms with Crippen molar-refractivity contribution in [3.05, 3.63) is 46.0 Å². The number of pyridine rings is 1. The van der Waals surface area contributed by atoms with E-state index in [0.717, 1.165) is 5.69 Å². The van der Waals surface area contributed by atoms with E-state index in [1.165, 1.54) is 0 Å². The molecule has 4 nitrogen and oxygen atoms in total. The highest BCUT2D eigenvalue weighted by Crippen LogP contribution is 2.19. The van der Waals surface area contributed by atoms with Crippen LogP contribution in [0.1, 0.15) is 21.7 Å². The third-order valence-corrected chi connectivity index (χ3v) is 2.94. The Hall–Kier alpha value is -1.49. The Bertz CT molecular complexity index is 528. The van der Waals surface area contributed by atoms with Gasteiger partial charge in [0, 0.05) is 24.5 Å². The van der Waals surface area contributed by atoms with Gasteiger partial charge in [-0.05, 0) is 35.0 Å². The Kier molecular flexibility index (Phi) is 2.87. The van der Waals surface area contributed by atoms with Crippen molar-refractivity contribution in [3.8, 4) is 0 Å². The first-order valence-electron chi connectivity index (χ1n) is 4.75. The highest BCUT2D eigenvalue weighted by atomic mass is 79.9. The maximum absolute atomic E-state index is 12.2. The molecule has 5 heteroatoms. The molecule has 82 valence electrons. The van der Waals surface area contributed by atoms with E-state index in [1.54, 1.807) is 36.3 Å². The fourth-order valence-corrected chi connectivity index (χ4v) is 2.05. The van der Waals surface area contributed by atoms with E-state index in [2.05, 4.69) is 26.0 Å². The lowest BCUT2D eigenvalue weighted by atomic mass is 10.1. The number of ketones is 1. The Morgan fingerprint density at radius 1 is 1.50 bits per heavy atom. The molecule has 0 aromatic carbocycles. The lowest BCUT2D eigenvalue weighted by Gasteiger charge is -2.04.